The molecule has 1 unspecified atom stereocenters. The van der Waals surface area contributed by atoms with Gasteiger partial charge >= 0.3 is 0 Å². The van der Waals surface area contributed by atoms with Crippen molar-refractivity contribution < 1.29 is 5.11 Å². The van der Waals surface area contributed by atoms with Gasteiger partial charge in [0.25, 0.3) is 0 Å². The summed E-state index contributed by atoms with van der Waals surface area (Å²) in [5.41, 5.74) is 3.73. The summed E-state index contributed by atoms with van der Waals surface area (Å²) < 4.78 is 0. The van der Waals surface area contributed by atoms with Gasteiger partial charge in [0.15, 0.2) is 0 Å². The van der Waals surface area contributed by atoms with Crippen LogP contribution in [-0.4, -0.2) is 16.6 Å². The second-order valence-corrected chi connectivity index (χ2v) is 6.00. The fourth-order valence-electron chi connectivity index (χ4n) is 2.69. The summed E-state index contributed by atoms with van der Waals surface area (Å²) in [4.78, 5) is 4.48. The average molecular weight is 274 g/mol. The van der Waals surface area contributed by atoms with Gasteiger partial charge in [-0.1, -0.05) is 6.07 Å². The van der Waals surface area contributed by atoms with Crippen molar-refractivity contribution in [1.29, 1.82) is 0 Å². The molecule has 1 aromatic carbocycles. The number of phenolic OH excluding ortho intramolecular Hbond substituents is 1. The van der Waals surface area contributed by atoms with E-state index in [0.29, 0.717) is 11.8 Å². The molecule has 1 aliphatic rings. The van der Waals surface area contributed by atoms with Crippen LogP contribution in [0.3, 0.4) is 0 Å². The van der Waals surface area contributed by atoms with Crippen LogP contribution in [0.2, 0.25) is 0 Å². The average Bonchev–Trinajstić information content (AvgIpc) is 2.96. The number of fused-ring (bicyclic) bond motifs is 1. The second-order valence-electron chi connectivity index (χ2n) is 5.06. The molecule has 0 saturated carbocycles. The van der Waals surface area contributed by atoms with Gasteiger partial charge < -0.3 is 10.4 Å². The number of thiazole rings is 1. The number of nitrogens with zero attached hydrogens (tertiary/aromatic N) is 1. The second kappa shape index (κ2) is 5.31. The predicted molar refractivity (Wildman–Crippen MR) is 77.7 cm³/mol. The summed E-state index contributed by atoms with van der Waals surface area (Å²) in [6.07, 6.45) is 3.16. The summed E-state index contributed by atoms with van der Waals surface area (Å²) in [7, 11) is 0. The van der Waals surface area contributed by atoms with Crippen molar-refractivity contribution in [2.45, 2.75) is 32.2 Å². The third-order valence-electron chi connectivity index (χ3n) is 3.60. The van der Waals surface area contributed by atoms with Crippen molar-refractivity contribution in [2.24, 2.45) is 0 Å². The van der Waals surface area contributed by atoms with Gasteiger partial charge in [0, 0.05) is 30.1 Å². The molecule has 100 valence electrons. The number of aryl methyl sites for hydroxylation is 2. The highest BCUT2D eigenvalue weighted by Gasteiger charge is 2.21. The Morgan fingerprint density at radius 1 is 1.47 bits per heavy atom. The van der Waals surface area contributed by atoms with Crippen molar-refractivity contribution in [3.8, 4) is 5.75 Å². The lowest BCUT2D eigenvalue weighted by Gasteiger charge is -2.13. The zero-order chi connectivity index (χ0) is 13.2. The van der Waals surface area contributed by atoms with E-state index in [1.54, 1.807) is 17.4 Å². The van der Waals surface area contributed by atoms with Gasteiger partial charge in [0.1, 0.15) is 5.75 Å². The van der Waals surface area contributed by atoms with Gasteiger partial charge in [-0.3, -0.25) is 0 Å². The number of hydrogen-bond acceptors (Lipinski definition) is 4. The number of nitrogens with one attached hydrogen (secondary N) is 1. The minimum Gasteiger partial charge on any atom is -0.508 e. The van der Waals surface area contributed by atoms with Crippen LogP contribution in [0.4, 0.5) is 0 Å². The van der Waals surface area contributed by atoms with Crippen LogP contribution in [0.1, 0.15) is 34.3 Å². The van der Waals surface area contributed by atoms with Crippen LogP contribution in [-0.2, 0) is 12.8 Å². The first-order valence-electron chi connectivity index (χ1n) is 6.68. The maximum atomic E-state index is 9.48. The fourth-order valence-corrected chi connectivity index (χ4v) is 3.46. The Kier molecular flexibility index (Phi) is 3.53. The Hall–Kier alpha value is -1.39. The molecule has 0 bridgehead atoms. The molecule has 19 heavy (non-hydrogen) atoms. The molecule has 0 radical (unpaired) electrons. The molecule has 2 aromatic rings. The number of benzene rings is 1. The molecule has 1 heterocycles. The smallest absolute Gasteiger partial charge is 0.115 e. The summed E-state index contributed by atoms with van der Waals surface area (Å²) in [6, 6.07) is 6.14. The molecule has 0 saturated heterocycles. The van der Waals surface area contributed by atoms with Gasteiger partial charge in [-0.15, -0.1) is 11.3 Å². The summed E-state index contributed by atoms with van der Waals surface area (Å²) in [5.74, 6) is 0.373. The molecule has 3 nitrogen and oxygen atoms in total. The van der Waals surface area contributed by atoms with Gasteiger partial charge in [-0.05, 0) is 43.0 Å². The number of aromatic hydroxyl groups is 1. The number of hydrogen-bond donors (Lipinski definition) is 2. The van der Waals surface area contributed by atoms with Crippen LogP contribution in [0.25, 0.3) is 0 Å². The topological polar surface area (TPSA) is 45.1 Å². The summed E-state index contributed by atoms with van der Waals surface area (Å²) in [5, 5.41) is 16.4. The summed E-state index contributed by atoms with van der Waals surface area (Å²) >= 11 is 1.74. The van der Waals surface area contributed by atoms with E-state index in [0.717, 1.165) is 31.5 Å². The van der Waals surface area contributed by atoms with Crippen LogP contribution < -0.4 is 5.32 Å². The Bertz CT molecular complexity index is 579. The van der Waals surface area contributed by atoms with E-state index in [1.807, 2.05) is 19.1 Å². The minimum atomic E-state index is 0.373. The van der Waals surface area contributed by atoms with Crippen LogP contribution in [0.5, 0.6) is 5.75 Å². The minimum absolute atomic E-state index is 0.373. The first-order valence-corrected chi connectivity index (χ1v) is 7.56. The van der Waals surface area contributed by atoms with E-state index in [-0.39, 0.29) is 0 Å². The monoisotopic (exact) mass is 274 g/mol. The highest BCUT2D eigenvalue weighted by Crippen LogP contribution is 2.33. The zero-order valence-electron chi connectivity index (χ0n) is 11.0. The molecule has 1 atom stereocenters. The molecule has 0 fully saturated rings. The Morgan fingerprint density at radius 3 is 3.16 bits per heavy atom. The number of rotatable bonds is 4. The number of phenols is 1. The van der Waals surface area contributed by atoms with Crippen molar-refractivity contribution in [1.82, 2.24) is 10.3 Å². The van der Waals surface area contributed by atoms with Crippen molar-refractivity contribution >= 4 is 11.3 Å². The van der Waals surface area contributed by atoms with Crippen LogP contribution in [0, 0.1) is 6.92 Å². The summed E-state index contributed by atoms with van der Waals surface area (Å²) in [6.45, 7) is 2.99. The highest BCUT2D eigenvalue weighted by molar-refractivity contribution is 7.09. The van der Waals surface area contributed by atoms with Crippen LogP contribution in [0.15, 0.2) is 23.6 Å². The van der Waals surface area contributed by atoms with E-state index in [4.69, 9.17) is 0 Å². The number of aromatic nitrogens is 1. The van der Waals surface area contributed by atoms with Crippen molar-refractivity contribution in [3.05, 3.63) is 45.4 Å². The van der Waals surface area contributed by atoms with Gasteiger partial charge in [0.2, 0.25) is 0 Å². The van der Waals surface area contributed by atoms with Crippen LogP contribution >= 0.6 is 11.3 Å². The lowest BCUT2D eigenvalue weighted by Crippen LogP contribution is -2.21. The van der Waals surface area contributed by atoms with E-state index in [2.05, 4.69) is 15.7 Å². The molecule has 2 N–H and O–H groups in total. The fraction of sp³-hybridized carbons (Fsp3) is 0.400. The molecule has 1 aliphatic carbocycles. The van der Waals surface area contributed by atoms with E-state index < -0.39 is 0 Å². The molecule has 0 amide bonds. The maximum absolute atomic E-state index is 9.48. The molecule has 1 aromatic heterocycles. The molecular formula is C15H18N2OS. The quantitative estimate of drug-likeness (QED) is 0.901. The Morgan fingerprint density at radius 2 is 2.37 bits per heavy atom. The lowest BCUT2D eigenvalue weighted by atomic mass is 10.1. The van der Waals surface area contributed by atoms with E-state index >= 15 is 0 Å². The zero-order valence-corrected chi connectivity index (χ0v) is 11.8. The normalized spacial score (nSPS) is 17.6. The molecule has 3 rings (SSSR count). The van der Waals surface area contributed by atoms with Crippen molar-refractivity contribution in [2.75, 3.05) is 6.54 Å². The molecular weight excluding hydrogens is 256 g/mol. The SMILES string of the molecule is Cc1csc(CCNC2CCc3cc(O)ccc32)n1. The van der Waals surface area contributed by atoms with E-state index in [1.165, 1.54) is 16.1 Å². The van der Waals surface area contributed by atoms with Gasteiger partial charge in [-0.25, -0.2) is 4.98 Å². The standard InChI is InChI=1S/C15H18N2OS/c1-10-9-19-15(17-10)6-7-16-14-5-2-11-8-12(18)3-4-13(11)14/h3-4,8-9,14,16,18H,2,5-7H2,1H3. The largest absolute Gasteiger partial charge is 0.508 e. The Labute approximate surface area is 117 Å². The van der Waals surface area contributed by atoms with Gasteiger partial charge in [0.05, 0.1) is 5.01 Å². The third-order valence-corrected chi connectivity index (χ3v) is 4.63. The predicted octanol–water partition coefficient (Wildman–Crippen LogP) is 2.98. The molecule has 0 spiro atoms. The third kappa shape index (κ3) is 2.80. The van der Waals surface area contributed by atoms with Crippen molar-refractivity contribution in [3.63, 3.8) is 0 Å². The maximum Gasteiger partial charge on any atom is 0.115 e. The first-order chi connectivity index (χ1) is 9.22. The first kappa shape index (κ1) is 12.6. The highest BCUT2D eigenvalue weighted by atomic mass is 32.1. The molecule has 0 aliphatic heterocycles. The van der Waals surface area contributed by atoms with Gasteiger partial charge in [-0.2, -0.15) is 0 Å². The molecule has 4 heteroatoms. The lowest BCUT2D eigenvalue weighted by molar-refractivity contribution is 0.474. The Balaban J connectivity index is 1.58. The van der Waals surface area contributed by atoms with E-state index in [9.17, 15) is 5.11 Å².